The highest BCUT2D eigenvalue weighted by Gasteiger charge is 2.05. The number of benzene rings is 1. The Labute approximate surface area is 109 Å². The predicted octanol–water partition coefficient (Wildman–Crippen LogP) is 2.89. The number of anilines is 2. The Hall–Kier alpha value is -1.42. The van der Waals surface area contributed by atoms with Crippen LogP contribution in [-0.2, 0) is 4.74 Å². The van der Waals surface area contributed by atoms with Crippen LogP contribution in [0.4, 0.5) is 11.4 Å². The van der Waals surface area contributed by atoms with E-state index in [0.717, 1.165) is 30.9 Å². The Balaban J connectivity index is 2.60. The van der Waals surface area contributed by atoms with Gasteiger partial charge in [0, 0.05) is 31.5 Å². The second kappa shape index (κ2) is 7.82. The molecular weight excluding hydrogens is 228 g/mol. The number of methoxy groups -OCH3 is 1. The highest BCUT2D eigenvalue weighted by molar-refractivity contribution is 5.61. The molecule has 0 aliphatic carbocycles. The number of nitrogen functional groups attached to an aromatic ring is 1. The zero-order valence-corrected chi connectivity index (χ0v) is 11.5. The molecule has 0 aliphatic rings. The van der Waals surface area contributed by atoms with Gasteiger partial charge >= 0.3 is 0 Å². The fourth-order valence-electron chi connectivity index (χ4n) is 1.61. The summed E-state index contributed by atoms with van der Waals surface area (Å²) in [5.41, 5.74) is 7.57. The first-order chi connectivity index (χ1) is 8.67. The molecule has 0 fully saturated rings. The second-order valence-electron chi connectivity index (χ2n) is 4.43. The van der Waals surface area contributed by atoms with Gasteiger partial charge in [-0.05, 0) is 31.9 Å². The normalized spacial score (nSPS) is 12.2. The van der Waals surface area contributed by atoms with Gasteiger partial charge in [0.25, 0.3) is 0 Å². The van der Waals surface area contributed by atoms with Crippen LogP contribution in [0.3, 0.4) is 0 Å². The maximum atomic E-state index is 5.87. The molecule has 4 heteroatoms. The molecule has 1 rings (SSSR count). The summed E-state index contributed by atoms with van der Waals surface area (Å²) in [7, 11) is 1.71. The Morgan fingerprint density at radius 3 is 2.78 bits per heavy atom. The summed E-state index contributed by atoms with van der Waals surface area (Å²) >= 11 is 0. The van der Waals surface area contributed by atoms with Gasteiger partial charge < -0.3 is 20.5 Å². The average Bonchev–Trinajstić information content (AvgIpc) is 2.37. The van der Waals surface area contributed by atoms with E-state index in [9.17, 15) is 0 Å². The van der Waals surface area contributed by atoms with E-state index in [4.69, 9.17) is 15.2 Å². The molecular formula is C14H24N2O2. The lowest BCUT2D eigenvalue weighted by atomic mass is 10.2. The Morgan fingerprint density at radius 1 is 1.33 bits per heavy atom. The first-order valence-corrected chi connectivity index (χ1v) is 6.45. The van der Waals surface area contributed by atoms with E-state index in [1.54, 1.807) is 7.11 Å². The standard InChI is InChI=1S/C14H24N2O2/c1-4-8-18-14-10-12(5-6-13(14)15)16-11(2)7-9-17-3/h5-6,10-11,16H,4,7-9,15H2,1-3H3. The van der Waals surface area contributed by atoms with E-state index >= 15 is 0 Å². The minimum atomic E-state index is 0.354. The highest BCUT2D eigenvalue weighted by Crippen LogP contribution is 2.26. The lowest BCUT2D eigenvalue weighted by Gasteiger charge is -2.16. The van der Waals surface area contributed by atoms with Crippen molar-refractivity contribution in [1.29, 1.82) is 0 Å². The van der Waals surface area contributed by atoms with E-state index in [1.165, 1.54) is 0 Å². The van der Waals surface area contributed by atoms with Crippen LogP contribution in [0.2, 0.25) is 0 Å². The molecule has 1 atom stereocenters. The fourth-order valence-corrected chi connectivity index (χ4v) is 1.61. The summed E-state index contributed by atoms with van der Waals surface area (Å²) < 4.78 is 10.7. The molecule has 0 spiro atoms. The number of ether oxygens (including phenoxy) is 2. The first-order valence-electron chi connectivity index (χ1n) is 6.45. The monoisotopic (exact) mass is 252 g/mol. The smallest absolute Gasteiger partial charge is 0.144 e. The molecule has 1 aromatic carbocycles. The van der Waals surface area contributed by atoms with Crippen molar-refractivity contribution in [1.82, 2.24) is 0 Å². The third-order valence-electron chi connectivity index (χ3n) is 2.64. The maximum Gasteiger partial charge on any atom is 0.144 e. The summed E-state index contributed by atoms with van der Waals surface area (Å²) in [6.45, 7) is 5.64. The minimum absolute atomic E-state index is 0.354. The Morgan fingerprint density at radius 2 is 2.11 bits per heavy atom. The lowest BCUT2D eigenvalue weighted by molar-refractivity contribution is 0.191. The summed E-state index contributed by atoms with van der Waals surface area (Å²) in [6.07, 6.45) is 1.94. The van der Waals surface area contributed by atoms with Crippen LogP contribution < -0.4 is 15.8 Å². The van der Waals surface area contributed by atoms with Crippen LogP contribution >= 0.6 is 0 Å². The van der Waals surface area contributed by atoms with Crippen molar-refractivity contribution < 1.29 is 9.47 Å². The molecule has 0 aromatic heterocycles. The zero-order chi connectivity index (χ0) is 13.4. The molecule has 0 saturated heterocycles. The van der Waals surface area contributed by atoms with Crippen LogP contribution in [0.25, 0.3) is 0 Å². The largest absolute Gasteiger partial charge is 0.491 e. The second-order valence-corrected chi connectivity index (χ2v) is 4.43. The molecule has 1 unspecified atom stereocenters. The van der Waals surface area contributed by atoms with Crippen LogP contribution in [0.15, 0.2) is 18.2 Å². The third kappa shape index (κ3) is 4.84. The molecule has 0 aliphatic heterocycles. The molecule has 0 amide bonds. The number of nitrogens with one attached hydrogen (secondary N) is 1. The van der Waals surface area contributed by atoms with Crippen LogP contribution in [-0.4, -0.2) is 26.4 Å². The van der Waals surface area contributed by atoms with Gasteiger partial charge in [-0.25, -0.2) is 0 Å². The van der Waals surface area contributed by atoms with Gasteiger partial charge in [0.2, 0.25) is 0 Å². The topological polar surface area (TPSA) is 56.5 Å². The van der Waals surface area contributed by atoms with E-state index in [0.29, 0.717) is 18.3 Å². The molecule has 3 N–H and O–H groups in total. The zero-order valence-electron chi connectivity index (χ0n) is 11.5. The molecule has 0 heterocycles. The van der Waals surface area contributed by atoms with Crippen molar-refractivity contribution in [2.75, 3.05) is 31.4 Å². The quantitative estimate of drug-likeness (QED) is 0.698. The van der Waals surface area contributed by atoms with Gasteiger partial charge in [-0.15, -0.1) is 0 Å². The van der Waals surface area contributed by atoms with Crippen molar-refractivity contribution in [2.45, 2.75) is 32.7 Å². The van der Waals surface area contributed by atoms with Gasteiger partial charge in [0.1, 0.15) is 5.75 Å². The van der Waals surface area contributed by atoms with Crippen LogP contribution in [0.1, 0.15) is 26.7 Å². The van der Waals surface area contributed by atoms with Gasteiger partial charge in [0.15, 0.2) is 0 Å². The summed E-state index contributed by atoms with van der Waals surface area (Å²) in [5.74, 6) is 0.751. The number of nitrogens with two attached hydrogens (primary N) is 1. The van der Waals surface area contributed by atoms with Crippen molar-refractivity contribution in [3.05, 3.63) is 18.2 Å². The molecule has 102 valence electrons. The van der Waals surface area contributed by atoms with Gasteiger partial charge in [-0.2, -0.15) is 0 Å². The van der Waals surface area contributed by atoms with Gasteiger partial charge in [0.05, 0.1) is 12.3 Å². The van der Waals surface area contributed by atoms with E-state index < -0.39 is 0 Å². The van der Waals surface area contributed by atoms with Gasteiger partial charge in [-0.3, -0.25) is 0 Å². The first kappa shape index (κ1) is 14.6. The maximum absolute atomic E-state index is 5.87. The molecule has 1 aromatic rings. The average molecular weight is 252 g/mol. The number of hydrogen-bond donors (Lipinski definition) is 2. The van der Waals surface area contributed by atoms with Crippen molar-refractivity contribution >= 4 is 11.4 Å². The Bertz CT molecular complexity index is 356. The molecule has 0 bridgehead atoms. The van der Waals surface area contributed by atoms with Gasteiger partial charge in [-0.1, -0.05) is 6.92 Å². The Kier molecular flexibility index (Phi) is 6.36. The SMILES string of the molecule is CCCOc1cc(NC(C)CCOC)ccc1N. The highest BCUT2D eigenvalue weighted by atomic mass is 16.5. The van der Waals surface area contributed by atoms with E-state index in [2.05, 4.69) is 19.2 Å². The summed E-state index contributed by atoms with van der Waals surface area (Å²) in [5, 5.41) is 3.41. The molecule has 0 radical (unpaired) electrons. The lowest BCUT2D eigenvalue weighted by Crippen LogP contribution is -2.17. The summed E-state index contributed by atoms with van der Waals surface area (Å²) in [4.78, 5) is 0. The van der Waals surface area contributed by atoms with Crippen molar-refractivity contribution in [3.63, 3.8) is 0 Å². The molecule has 0 saturated carbocycles. The van der Waals surface area contributed by atoms with Crippen LogP contribution in [0, 0.1) is 0 Å². The van der Waals surface area contributed by atoms with Crippen molar-refractivity contribution in [2.24, 2.45) is 0 Å². The summed E-state index contributed by atoms with van der Waals surface area (Å²) in [6, 6.07) is 6.15. The van der Waals surface area contributed by atoms with Crippen molar-refractivity contribution in [3.8, 4) is 5.75 Å². The number of rotatable bonds is 8. The molecule has 18 heavy (non-hydrogen) atoms. The predicted molar refractivity (Wildman–Crippen MR) is 76.2 cm³/mol. The molecule has 4 nitrogen and oxygen atoms in total. The fraction of sp³-hybridized carbons (Fsp3) is 0.571. The van der Waals surface area contributed by atoms with E-state index in [1.807, 2.05) is 18.2 Å². The third-order valence-corrected chi connectivity index (χ3v) is 2.64. The minimum Gasteiger partial charge on any atom is -0.491 e. The van der Waals surface area contributed by atoms with E-state index in [-0.39, 0.29) is 0 Å². The number of hydrogen-bond acceptors (Lipinski definition) is 4. The van der Waals surface area contributed by atoms with Crippen LogP contribution in [0.5, 0.6) is 5.75 Å².